The highest BCUT2D eigenvalue weighted by molar-refractivity contribution is 6.10. The lowest BCUT2D eigenvalue weighted by Gasteiger charge is -2.20. The minimum atomic E-state index is -0.867. The lowest BCUT2D eigenvalue weighted by molar-refractivity contribution is -0.132. The van der Waals surface area contributed by atoms with E-state index in [1.807, 2.05) is 18.2 Å². The molecule has 0 aromatic heterocycles. The zero-order valence-corrected chi connectivity index (χ0v) is 14.9. The Morgan fingerprint density at radius 1 is 1.04 bits per heavy atom. The summed E-state index contributed by atoms with van der Waals surface area (Å²) in [5, 5.41) is 5.42. The Kier molecular flexibility index (Phi) is 4.62. The predicted molar refractivity (Wildman–Crippen MR) is 101 cm³/mol. The van der Waals surface area contributed by atoms with Crippen LogP contribution < -0.4 is 10.6 Å². The van der Waals surface area contributed by atoms with Crippen LogP contribution in [0.3, 0.4) is 0 Å². The molecule has 4 rings (SSSR count). The monoisotopic (exact) mass is 363 g/mol. The summed E-state index contributed by atoms with van der Waals surface area (Å²) in [7, 11) is 0. The molecule has 0 aliphatic carbocycles. The predicted octanol–water partition coefficient (Wildman–Crippen LogP) is 2.14. The maximum atomic E-state index is 12.7. The molecular formula is C21H21N3O3. The van der Waals surface area contributed by atoms with Crippen molar-refractivity contribution in [2.75, 3.05) is 18.4 Å². The van der Waals surface area contributed by atoms with Crippen molar-refractivity contribution in [3.8, 4) is 0 Å². The molecule has 0 spiro atoms. The average Bonchev–Trinajstić information content (AvgIpc) is 3.14. The Morgan fingerprint density at radius 2 is 1.78 bits per heavy atom. The van der Waals surface area contributed by atoms with Crippen molar-refractivity contribution in [2.24, 2.45) is 0 Å². The van der Waals surface area contributed by atoms with Gasteiger partial charge in [-0.25, -0.2) is 0 Å². The molecule has 0 bridgehead atoms. The first-order chi connectivity index (χ1) is 13.1. The number of hydrogen-bond acceptors (Lipinski definition) is 3. The summed E-state index contributed by atoms with van der Waals surface area (Å²) in [6.45, 7) is 1.31. The van der Waals surface area contributed by atoms with Gasteiger partial charge in [-0.15, -0.1) is 0 Å². The minimum absolute atomic E-state index is 0.0347. The number of nitrogens with one attached hydrogen (secondary N) is 2. The van der Waals surface area contributed by atoms with Crippen molar-refractivity contribution in [3.05, 3.63) is 65.7 Å². The van der Waals surface area contributed by atoms with E-state index in [2.05, 4.69) is 22.8 Å². The number of para-hydroxylation sites is 1. The zero-order chi connectivity index (χ0) is 18.8. The van der Waals surface area contributed by atoms with E-state index in [1.54, 1.807) is 29.2 Å². The third-order valence-corrected chi connectivity index (χ3v) is 5.24. The molecular weight excluding hydrogens is 342 g/mol. The molecule has 2 heterocycles. The van der Waals surface area contributed by atoms with Crippen LogP contribution in [0, 0.1) is 0 Å². The Balaban J connectivity index is 1.41. The molecule has 27 heavy (non-hydrogen) atoms. The summed E-state index contributed by atoms with van der Waals surface area (Å²) >= 11 is 0. The lowest BCUT2D eigenvalue weighted by Crippen LogP contribution is -2.45. The highest BCUT2D eigenvalue weighted by atomic mass is 16.2. The third kappa shape index (κ3) is 3.56. The Hall–Kier alpha value is -3.15. The van der Waals surface area contributed by atoms with Crippen LogP contribution in [0.2, 0.25) is 0 Å². The van der Waals surface area contributed by atoms with Crippen LogP contribution in [0.15, 0.2) is 54.6 Å². The second kappa shape index (κ2) is 7.23. The molecule has 2 N–H and O–H groups in total. The molecule has 1 fully saturated rings. The first-order valence-electron chi connectivity index (χ1n) is 9.15. The number of anilines is 1. The molecule has 2 atom stereocenters. The van der Waals surface area contributed by atoms with Gasteiger partial charge in [0.2, 0.25) is 11.8 Å². The standard InChI is InChI=1S/C21H21N3O3/c25-19(24-11-10-15(13-24)14-6-2-1-3-7-14)12-18-21(27)22-17-9-5-4-8-16(17)20(26)23-18/h1-9,15,18H,10-13H2,(H,22,27)(H,23,26)/t15?,18-/m1/s1. The topological polar surface area (TPSA) is 78.5 Å². The van der Waals surface area contributed by atoms with E-state index in [9.17, 15) is 14.4 Å². The molecule has 2 aromatic rings. The number of benzene rings is 2. The maximum absolute atomic E-state index is 12.7. The highest BCUT2D eigenvalue weighted by Crippen LogP contribution is 2.27. The highest BCUT2D eigenvalue weighted by Gasteiger charge is 2.33. The number of rotatable bonds is 3. The second-order valence-corrected chi connectivity index (χ2v) is 7.00. The Bertz CT molecular complexity index is 881. The average molecular weight is 363 g/mol. The van der Waals surface area contributed by atoms with Crippen LogP contribution in [0.5, 0.6) is 0 Å². The lowest BCUT2D eigenvalue weighted by atomic mass is 9.99. The van der Waals surface area contributed by atoms with Crippen LogP contribution in [0.1, 0.15) is 34.7 Å². The van der Waals surface area contributed by atoms with Gasteiger partial charge in [0.1, 0.15) is 6.04 Å². The summed E-state index contributed by atoms with van der Waals surface area (Å²) in [6, 6.07) is 16.1. The van der Waals surface area contributed by atoms with E-state index in [0.29, 0.717) is 30.3 Å². The van der Waals surface area contributed by atoms with E-state index in [1.165, 1.54) is 5.56 Å². The van der Waals surface area contributed by atoms with E-state index >= 15 is 0 Å². The molecule has 138 valence electrons. The summed E-state index contributed by atoms with van der Waals surface area (Å²) < 4.78 is 0. The van der Waals surface area contributed by atoms with Gasteiger partial charge in [0.15, 0.2) is 0 Å². The fourth-order valence-corrected chi connectivity index (χ4v) is 3.74. The number of hydrogen-bond donors (Lipinski definition) is 2. The molecule has 0 saturated carbocycles. The van der Waals surface area contributed by atoms with Gasteiger partial charge in [0, 0.05) is 19.0 Å². The van der Waals surface area contributed by atoms with Gasteiger partial charge >= 0.3 is 0 Å². The van der Waals surface area contributed by atoms with E-state index in [-0.39, 0.29) is 24.1 Å². The van der Waals surface area contributed by atoms with Crippen LogP contribution in [-0.2, 0) is 9.59 Å². The smallest absolute Gasteiger partial charge is 0.254 e. The molecule has 2 aliphatic heterocycles. The first-order valence-corrected chi connectivity index (χ1v) is 9.15. The van der Waals surface area contributed by atoms with Gasteiger partial charge in [0.25, 0.3) is 5.91 Å². The first kappa shape index (κ1) is 17.3. The number of likely N-dealkylation sites (tertiary alicyclic amines) is 1. The van der Waals surface area contributed by atoms with Crippen molar-refractivity contribution in [1.82, 2.24) is 10.2 Å². The number of carbonyl (C=O) groups is 3. The van der Waals surface area contributed by atoms with Gasteiger partial charge in [0.05, 0.1) is 17.7 Å². The van der Waals surface area contributed by atoms with Crippen molar-refractivity contribution < 1.29 is 14.4 Å². The summed E-state index contributed by atoms with van der Waals surface area (Å²) in [6.07, 6.45) is 0.873. The molecule has 0 radical (unpaired) electrons. The minimum Gasteiger partial charge on any atom is -0.342 e. The summed E-state index contributed by atoms with van der Waals surface area (Å²) in [4.78, 5) is 39.3. The molecule has 2 aliphatic rings. The van der Waals surface area contributed by atoms with Crippen LogP contribution in [0.4, 0.5) is 5.69 Å². The fraction of sp³-hybridized carbons (Fsp3) is 0.286. The molecule has 2 aromatic carbocycles. The molecule has 1 saturated heterocycles. The van der Waals surface area contributed by atoms with Gasteiger partial charge in [-0.3, -0.25) is 14.4 Å². The molecule has 3 amide bonds. The van der Waals surface area contributed by atoms with E-state index in [4.69, 9.17) is 0 Å². The quantitative estimate of drug-likeness (QED) is 0.877. The van der Waals surface area contributed by atoms with Crippen LogP contribution in [-0.4, -0.2) is 41.8 Å². The maximum Gasteiger partial charge on any atom is 0.254 e. The zero-order valence-electron chi connectivity index (χ0n) is 14.9. The Labute approximate surface area is 157 Å². The number of fused-ring (bicyclic) bond motifs is 1. The largest absolute Gasteiger partial charge is 0.342 e. The van der Waals surface area contributed by atoms with Gasteiger partial charge < -0.3 is 15.5 Å². The number of amides is 3. The van der Waals surface area contributed by atoms with Crippen LogP contribution >= 0.6 is 0 Å². The second-order valence-electron chi connectivity index (χ2n) is 7.00. The fourth-order valence-electron chi connectivity index (χ4n) is 3.74. The van der Waals surface area contributed by atoms with E-state index < -0.39 is 6.04 Å². The third-order valence-electron chi connectivity index (χ3n) is 5.24. The van der Waals surface area contributed by atoms with Gasteiger partial charge in [-0.05, 0) is 24.1 Å². The molecule has 6 heteroatoms. The number of nitrogens with zero attached hydrogens (tertiary/aromatic N) is 1. The van der Waals surface area contributed by atoms with E-state index in [0.717, 1.165) is 6.42 Å². The van der Waals surface area contributed by atoms with Crippen molar-refractivity contribution in [3.63, 3.8) is 0 Å². The SMILES string of the molecule is O=C1N[C@H](CC(=O)N2CCC(c3ccccc3)C2)C(=O)Nc2ccccc21. The summed E-state index contributed by atoms with van der Waals surface area (Å²) in [5.74, 6) is -0.498. The Morgan fingerprint density at radius 3 is 2.59 bits per heavy atom. The summed E-state index contributed by atoms with van der Waals surface area (Å²) in [5.41, 5.74) is 2.11. The van der Waals surface area contributed by atoms with Crippen molar-refractivity contribution in [2.45, 2.75) is 24.8 Å². The number of carbonyl (C=O) groups excluding carboxylic acids is 3. The van der Waals surface area contributed by atoms with Crippen molar-refractivity contribution >= 4 is 23.4 Å². The van der Waals surface area contributed by atoms with Crippen molar-refractivity contribution in [1.29, 1.82) is 0 Å². The van der Waals surface area contributed by atoms with Gasteiger partial charge in [-0.1, -0.05) is 42.5 Å². The van der Waals surface area contributed by atoms with Gasteiger partial charge in [-0.2, -0.15) is 0 Å². The normalized spacial score (nSPS) is 21.9. The van der Waals surface area contributed by atoms with Crippen LogP contribution in [0.25, 0.3) is 0 Å². The molecule has 6 nitrogen and oxygen atoms in total. The molecule has 1 unspecified atom stereocenters.